The van der Waals surface area contributed by atoms with Crippen LogP contribution in [0.25, 0.3) is 0 Å². The summed E-state index contributed by atoms with van der Waals surface area (Å²) in [5.74, 6) is 0.608. The van der Waals surface area contributed by atoms with Gasteiger partial charge in [-0.25, -0.2) is 9.37 Å². The van der Waals surface area contributed by atoms with Crippen LogP contribution in [0.3, 0.4) is 0 Å². The first-order valence-electron chi connectivity index (χ1n) is 8.58. The minimum Gasteiger partial charge on any atom is -0.342 e. The minimum atomic E-state index is -0.220. The Morgan fingerprint density at radius 3 is 3.04 bits per heavy atom. The zero-order chi connectivity index (χ0) is 16.7. The van der Waals surface area contributed by atoms with Crippen molar-refractivity contribution in [2.24, 2.45) is 5.92 Å². The van der Waals surface area contributed by atoms with Crippen LogP contribution in [0.2, 0.25) is 0 Å². The van der Waals surface area contributed by atoms with E-state index in [4.69, 9.17) is 0 Å². The molecule has 1 aliphatic heterocycles. The molecule has 3 nitrogen and oxygen atoms in total. The van der Waals surface area contributed by atoms with E-state index in [1.165, 1.54) is 6.07 Å². The van der Waals surface area contributed by atoms with Crippen molar-refractivity contribution in [3.8, 4) is 0 Å². The van der Waals surface area contributed by atoms with Crippen molar-refractivity contribution in [2.45, 2.75) is 38.0 Å². The summed E-state index contributed by atoms with van der Waals surface area (Å²) in [6.07, 6.45) is 2.99. The van der Waals surface area contributed by atoms with Crippen LogP contribution < -0.4 is 0 Å². The van der Waals surface area contributed by atoms with E-state index >= 15 is 0 Å². The maximum absolute atomic E-state index is 13.4. The molecule has 0 N–H and O–H groups in total. The Labute approximate surface area is 145 Å². The Balaban J connectivity index is 1.42. The number of nitrogens with zero attached hydrogens (tertiary/aromatic N) is 2. The van der Waals surface area contributed by atoms with Crippen LogP contribution >= 0.6 is 11.3 Å². The third kappa shape index (κ3) is 3.09. The number of likely N-dealkylation sites (tertiary alicyclic amines) is 1. The summed E-state index contributed by atoms with van der Waals surface area (Å²) in [6.45, 7) is 3.63. The summed E-state index contributed by atoms with van der Waals surface area (Å²) >= 11 is 1.70. The number of rotatable bonds is 3. The largest absolute Gasteiger partial charge is 0.342 e. The highest BCUT2D eigenvalue weighted by Crippen LogP contribution is 2.49. The van der Waals surface area contributed by atoms with Gasteiger partial charge in [-0.15, -0.1) is 11.3 Å². The van der Waals surface area contributed by atoms with Gasteiger partial charge in [0.25, 0.3) is 0 Å². The molecule has 1 saturated heterocycles. The second kappa shape index (κ2) is 6.28. The van der Waals surface area contributed by atoms with Crippen molar-refractivity contribution in [1.82, 2.24) is 9.88 Å². The number of aryl methyl sites for hydroxylation is 1. The topological polar surface area (TPSA) is 33.2 Å². The zero-order valence-electron chi connectivity index (χ0n) is 13.7. The highest BCUT2D eigenvalue weighted by molar-refractivity contribution is 7.09. The van der Waals surface area contributed by atoms with E-state index in [1.807, 2.05) is 17.9 Å². The number of halogens is 1. The first-order chi connectivity index (χ1) is 11.6. The molecule has 2 heterocycles. The molecule has 1 saturated carbocycles. The molecule has 4 rings (SSSR count). The van der Waals surface area contributed by atoms with Gasteiger partial charge in [-0.3, -0.25) is 4.79 Å². The Bertz CT molecular complexity index is 759. The molecule has 2 aliphatic rings. The maximum Gasteiger partial charge on any atom is 0.226 e. The molecule has 24 heavy (non-hydrogen) atoms. The summed E-state index contributed by atoms with van der Waals surface area (Å²) in [6, 6.07) is 6.67. The van der Waals surface area contributed by atoms with Gasteiger partial charge < -0.3 is 4.90 Å². The van der Waals surface area contributed by atoms with Gasteiger partial charge in [0.2, 0.25) is 5.91 Å². The molecule has 1 aromatic heterocycles. The number of hydrogen-bond donors (Lipinski definition) is 0. The number of carbonyl (C=O) groups excluding carboxylic acids is 1. The number of amides is 1. The molecule has 1 aromatic carbocycles. The third-order valence-electron chi connectivity index (χ3n) is 5.10. The minimum absolute atomic E-state index is 0.0311. The Morgan fingerprint density at radius 1 is 1.42 bits per heavy atom. The molecule has 3 atom stereocenters. The summed E-state index contributed by atoms with van der Waals surface area (Å²) < 4.78 is 13.4. The zero-order valence-corrected chi connectivity index (χ0v) is 14.6. The fourth-order valence-corrected chi connectivity index (χ4v) is 4.67. The van der Waals surface area contributed by atoms with E-state index in [0.29, 0.717) is 5.92 Å². The molecule has 126 valence electrons. The Hall–Kier alpha value is -1.75. The summed E-state index contributed by atoms with van der Waals surface area (Å²) in [5.41, 5.74) is 2.02. The highest BCUT2D eigenvalue weighted by atomic mass is 32.1. The second-order valence-corrected chi connectivity index (χ2v) is 7.84. The van der Waals surface area contributed by atoms with Gasteiger partial charge in [0.1, 0.15) is 5.82 Å². The van der Waals surface area contributed by atoms with Crippen LogP contribution in [0.4, 0.5) is 4.39 Å². The molecule has 0 spiro atoms. The lowest BCUT2D eigenvalue weighted by Crippen LogP contribution is -2.40. The lowest BCUT2D eigenvalue weighted by molar-refractivity contribution is -0.133. The standard InChI is InChI=1S/C19H21FN2OS/c1-12-11-24-18(21-12)14-5-3-7-22(10-14)19(23)17-9-16(17)13-4-2-6-15(20)8-13/h2,4,6,8,11,14,16-17H,3,5,7,9-10H2,1H3/t14-,16+,17+/m1/s1. The van der Waals surface area contributed by atoms with E-state index in [1.54, 1.807) is 23.5 Å². The van der Waals surface area contributed by atoms with E-state index in [9.17, 15) is 9.18 Å². The van der Waals surface area contributed by atoms with Crippen LogP contribution in [0.15, 0.2) is 29.6 Å². The fraction of sp³-hybridized carbons (Fsp3) is 0.474. The number of aromatic nitrogens is 1. The molecule has 1 amide bonds. The van der Waals surface area contributed by atoms with Crippen molar-refractivity contribution >= 4 is 17.2 Å². The van der Waals surface area contributed by atoms with Crippen LogP contribution in [-0.4, -0.2) is 28.9 Å². The SMILES string of the molecule is Cc1csc([C@@H]2CCCN(C(=O)[C@H]3C[C@H]3c3cccc(F)c3)C2)n1. The molecule has 2 aromatic rings. The molecule has 2 fully saturated rings. The van der Waals surface area contributed by atoms with Crippen LogP contribution in [0.1, 0.15) is 47.4 Å². The van der Waals surface area contributed by atoms with Crippen LogP contribution in [0, 0.1) is 18.7 Å². The highest BCUT2D eigenvalue weighted by Gasteiger charge is 2.46. The lowest BCUT2D eigenvalue weighted by Gasteiger charge is -2.32. The average Bonchev–Trinajstić information content (AvgIpc) is 3.28. The summed E-state index contributed by atoms with van der Waals surface area (Å²) in [4.78, 5) is 19.4. The molecule has 0 bridgehead atoms. The Kier molecular flexibility index (Phi) is 4.12. The van der Waals surface area contributed by atoms with Gasteiger partial charge in [0.05, 0.1) is 5.01 Å². The van der Waals surface area contributed by atoms with E-state index in [0.717, 1.165) is 48.6 Å². The number of hydrogen-bond acceptors (Lipinski definition) is 3. The fourth-order valence-electron chi connectivity index (χ4n) is 3.75. The van der Waals surface area contributed by atoms with Crippen molar-refractivity contribution in [1.29, 1.82) is 0 Å². The van der Waals surface area contributed by atoms with Gasteiger partial charge in [-0.1, -0.05) is 12.1 Å². The van der Waals surface area contributed by atoms with Crippen molar-refractivity contribution in [2.75, 3.05) is 13.1 Å². The quantitative estimate of drug-likeness (QED) is 0.840. The lowest BCUT2D eigenvalue weighted by atomic mass is 9.98. The van der Waals surface area contributed by atoms with Crippen LogP contribution in [0.5, 0.6) is 0 Å². The monoisotopic (exact) mass is 344 g/mol. The molecule has 0 radical (unpaired) electrons. The number of carbonyl (C=O) groups is 1. The average molecular weight is 344 g/mol. The van der Waals surface area contributed by atoms with Gasteiger partial charge in [-0.2, -0.15) is 0 Å². The summed E-state index contributed by atoms with van der Waals surface area (Å²) in [5, 5.41) is 3.24. The maximum atomic E-state index is 13.4. The molecular formula is C19H21FN2OS. The molecular weight excluding hydrogens is 323 g/mol. The molecule has 5 heteroatoms. The first kappa shape index (κ1) is 15.8. The molecule has 0 unspecified atom stereocenters. The van der Waals surface area contributed by atoms with Crippen molar-refractivity contribution in [3.63, 3.8) is 0 Å². The number of thiazole rings is 1. The molecule has 1 aliphatic carbocycles. The third-order valence-corrected chi connectivity index (χ3v) is 6.23. The predicted octanol–water partition coefficient (Wildman–Crippen LogP) is 4.10. The van der Waals surface area contributed by atoms with Gasteiger partial charge in [0.15, 0.2) is 0 Å². The summed E-state index contributed by atoms with van der Waals surface area (Å²) in [7, 11) is 0. The second-order valence-electron chi connectivity index (χ2n) is 6.95. The smallest absolute Gasteiger partial charge is 0.226 e. The number of benzene rings is 1. The van der Waals surface area contributed by atoms with Crippen molar-refractivity contribution in [3.05, 3.63) is 51.7 Å². The predicted molar refractivity (Wildman–Crippen MR) is 92.7 cm³/mol. The Morgan fingerprint density at radius 2 is 2.29 bits per heavy atom. The van der Waals surface area contributed by atoms with E-state index in [-0.39, 0.29) is 23.6 Å². The van der Waals surface area contributed by atoms with Gasteiger partial charge in [-0.05, 0) is 49.8 Å². The van der Waals surface area contributed by atoms with Crippen LogP contribution in [-0.2, 0) is 4.79 Å². The van der Waals surface area contributed by atoms with E-state index in [2.05, 4.69) is 10.4 Å². The first-order valence-corrected chi connectivity index (χ1v) is 9.46. The van der Waals surface area contributed by atoms with Gasteiger partial charge >= 0.3 is 0 Å². The normalized spacial score (nSPS) is 26.4. The van der Waals surface area contributed by atoms with Crippen molar-refractivity contribution < 1.29 is 9.18 Å². The van der Waals surface area contributed by atoms with E-state index < -0.39 is 0 Å². The van der Waals surface area contributed by atoms with Gasteiger partial charge in [0, 0.05) is 36.0 Å². The number of piperidine rings is 1.